The van der Waals surface area contributed by atoms with Crippen LogP contribution in [-0.2, 0) is 6.42 Å². The molecule has 0 radical (unpaired) electrons. The van der Waals surface area contributed by atoms with Gasteiger partial charge >= 0.3 is 6.09 Å². The lowest BCUT2D eigenvalue weighted by molar-refractivity contribution is 0.151. The molecule has 2 aromatic rings. The largest absolute Gasteiger partial charge is 0.465 e. The SMILES string of the molecule is CC1(C)CCc2cc(-c3cccc(C(F)F)c3)ccc2C1NC(=O)O. The predicted octanol–water partition coefficient (Wildman–Crippen LogP) is 5.57. The number of fused-ring (bicyclic) bond motifs is 1. The molecule has 0 bridgehead atoms. The van der Waals surface area contributed by atoms with Crippen LogP contribution in [0.25, 0.3) is 11.1 Å². The Kier molecular flexibility index (Phi) is 4.50. The number of hydrogen-bond acceptors (Lipinski definition) is 1. The van der Waals surface area contributed by atoms with E-state index in [0.717, 1.165) is 35.1 Å². The van der Waals surface area contributed by atoms with Crippen molar-refractivity contribution in [2.45, 2.75) is 39.2 Å². The van der Waals surface area contributed by atoms with Crippen LogP contribution in [0.2, 0.25) is 0 Å². The fraction of sp³-hybridized carbons (Fsp3) is 0.350. The average molecular weight is 345 g/mol. The van der Waals surface area contributed by atoms with Crippen LogP contribution in [0, 0.1) is 5.41 Å². The molecule has 2 N–H and O–H groups in total. The van der Waals surface area contributed by atoms with Crippen molar-refractivity contribution in [2.75, 3.05) is 0 Å². The summed E-state index contributed by atoms with van der Waals surface area (Å²) in [5.41, 5.74) is 3.47. The summed E-state index contributed by atoms with van der Waals surface area (Å²) in [6.45, 7) is 4.10. The molecule has 2 aromatic carbocycles. The van der Waals surface area contributed by atoms with Crippen LogP contribution >= 0.6 is 0 Å². The van der Waals surface area contributed by atoms with Gasteiger partial charge in [-0.25, -0.2) is 13.6 Å². The van der Waals surface area contributed by atoms with Crippen LogP contribution in [-0.4, -0.2) is 11.2 Å². The van der Waals surface area contributed by atoms with Crippen molar-refractivity contribution in [3.05, 3.63) is 59.2 Å². The highest BCUT2D eigenvalue weighted by molar-refractivity contribution is 5.68. The minimum atomic E-state index is -2.50. The molecule has 3 nitrogen and oxygen atoms in total. The van der Waals surface area contributed by atoms with Gasteiger partial charge in [-0.05, 0) is 46.6 Å². The van der Waals surface area contributed by atoms with E-state index in [9.17, 15) is 13.6 Å². The van der Waals surface area contributed by atoms with E-state index in [2.05, 4.69) is 19.2 Å². The van der Waals surface area contributed by atoms with E-state index < -0.39 is 12.5 Å². The summed E-state index contributed by atoms with van der Waals surface area (Å²) in [7, 11) is 0. The predicted molar refractivity (Wildman–Crippen MR) is 92.8 cm³/mol. The topological polar surface area (TPSA) is 49.3 Å². The van der Waals surface area contributed by atoms with Crippen LogP contribution < -0.4 is 5.32 Å². The molecule has 1 aliphatic rings. The maximum absolute atomic E-state index is 12.9. The number of carboxylic acid groups (broad SMARTS) is 1. The van der Waals surface area contributed by atoms with Gasteiger partial charge in [0.1, 0.15) is 0 Å². The molecular formula is C20H21F2NO2. The fourth-order valence-corrected chi connectivity index (χ4v) is 3.56. The van der Waals surface area contributed by atoms with Crippen LogP contribution in [0.15, 0.2) is 42.5 Å². The molecule has 1 amide bonds. The Labute approximate surface area is 145 Å². The van der Waals surface area contributed by atoms with Crippen molar-refractivity contribution in [1.29, 1.82) is 0 Å². The zero-order valence-electron chi connectivity index (χ0n) is 14.2. The number of amides is 1. The number of rotatable bonds is 3. The fourth-order valence-electron chi connectivity index (χ4n) is 3.56. The third-order valence-electron chi connectivity index (χ3n) is 5.01. The third kappa shape index (κ3) is 3.50. The van der Waals surface area contributed by atoms with Crippen LogP contribution in [0.5, 0.6) is 0 Å². The highest BCUT2D eigenvalue weighted by Crippen LogP contribution is 2.44. The van der Waals surface area contributed by atoms with E-state index in [1.165, 1.54) is 12.1 Å². The van der Waals surface area contributed by atoms with Gasteiger partial charge in [0.05, 0.1) is 6.04 Å². The van der Waals surface area contributed by atoms with Gasteiger partial charge in [-0.15, -0.1) is 0 Å². The number of hydrogen-bond donors (Lipinski definition) is 2. The Morgan fingerprint density at radius 2 is 1.92 bits per heavy atom. The minimum absolute atomic E-state index is 0.00164. The summed E-state index contributed by atoms with van der Waals surface area (Å²) < 4.78 is 25.9. The van der Waals surface area contributed by atoms with E-state index in [1.54, 1.807) is 6.07 Å². The first-order chi connectivity index (χ1) is 11.8. The smallest absolute Gasteiger partial charge is 0.405 e. The molecule has 1 unspecified atom stereocenters. The highest BCUT2D eigenvalue weighted by atomic mass is 19.3. The van der Waals surface area contributed by atoms with Crippen LogP contribution in [0.1, 0.15) is 49.4 Å². The van der Waals surface area contributed by atoms with Gasteiger partial charge in [0.25, 0.3) is 6.43 Å². The van der Waals surface area contributed by atoms with E-state index in [4.69, 9.17) is 5.11 Å². The maximum Gasteiger partial charge on any atom is 0.405 e. The zero-order valence-corrected chi connectivity index (χ0v) is 14.2. The summed E-state index contributed by atoms with van der Waals surface area (Å²) in [5.74, 6) is 0. The maximum atomic E-state index is 12.9. The monoisotopic (exact) mass is 345 g/mol. The Balaban J connectivity index is 2.00. The van der Waals surface area contributed by atoms with E-state index in [1.807, 2.05) is 24.3 Å². The lowest BCUT2D eigenvalue weighted by Crippen LogP contribution is -2.40. The molecular weight excluding hydrogens is 324 g/mol. The molecule has 0 saturated heterocycles. The van der Waals surface area contributed by atoms with Gasteiger partial charge in [-0.3, -0.25) is 0 Å². The number of benzene rings is 2. The molecule has 132 valence electrons. The lowest BCUT2D eigenvalue weighted by Gasteiger charge is -2.40. The molecule has 0 aromatic heterocycles. The molecule has 0 aliphatic heterocycles. The quantitative estimate of drug-likeness (QED) is 0.764. The number of halogens is 2. The highest BCUT2D eigenvalue weighted by Gasteiger charge is 2.37. The second-order valence-electron chi connectivity index (χ2n) is 7.21. The average Bonchev–Trinajstić information content (AvgIpc) is 2.57. The Morgan fingerprint density at radius 3 is 2.60 bits per heavy atom. The van der Waals surface area contributed by atoms with Crippen molar-refractivity contribution in [3.8, 4) is 11.1 Å². The molecule has 0 saturated carbocycles. The van der Waals surface area contributed by atoms with Gasteiger partial charge in [-0.2, -0.15) is 0 Å². The first-order valence-electron chi connectivity index (χ1n) is 8.29. The molecule has 0 spiro atoms. The normalized spacial score (nSPS) is 18.7. The first-order valence-corrected chi connectivity index (χ1v) is 8.29. The van der Waals surface area contributed by atoms with Crippen molar-refractivity contribution in [3.63, 3.8) is 0 Å². The molecule has 3 rings (SSSR count). The summed E-state index contributed by atoms with van der Waals surface area (Å²) in [4.78, 5) is 11.2. The summed E-state index contributed by atoms with van der Waals surface area (Å²) >= 11 is 0. The third-order valence-corrected chi connectivity index (χ3v) is 5.01. The van der Waals surface area contributed by atoms with Gasteiger partial charge in [-0.1, -0.05) is 50.2 Å². The van der Waals surface area contributed by atoms with Crippen molar-refractivity contribution >= 4 is 6.09 Å². The number of carbonyl (C=O) groups is 1. The second kappa shape index (κ2) is 6.47. The number of alkyl halides is 2. The summed E-state index contributed by atoms with van der Waals surface area (Å²) in [6.07, 6.45) is -1.85. The Hall–Kier alpha value is -2.43. The molecule has 0 fully saturated rings. The summed E-state index contributed by atoms with van der Waals surface area (Å²) in [6, 6.07) is 11.9. The van der Waals surface area contributed by atoms with Crippen molar-refractivity contribution in [2.24, 2.45) is 5.41 Å². The molecule has 5 heteroatoms. The first kappa shape index (κ1) is 17.4. The number of aryl methyl sites for hydroxylation is 1. The summed E-state index contributed by atoms with van der Waals surface area (Å²) in [5, 5.41) is 11.8. The lowest BCUT2D eigenvalue weighted by atomic mass is 9.70. The minimum Gasteiger partial charge on any atom is -0.465 e. The molecule has 1 atom stereocenters. The molecule has 0 heterocycles. The molecule has 1 aliphatic carbocycles. The van der Waals surface area contributed by atoms with Gasteiger partial charge < -0.3 is 10.4 Å². The van der Waals surface area contributed by atoms with Gasteiger partial charge in [0.15, 0.2) is 0 Å². The van der Waals surface area contributed by atoms with Crippen LogP contribution in [0.3, 0.4) is 0 Å². The molecule has 25 heavy (non-hydrogen) atoms. The Morgan fingerprint density at radius 1 is 1.20 bits per heavy atom. The number of nitrogens with one attached hydrogen (secondary N) is 1. The van der Waals surface area contributed by atoms with E-state index >= 15 is 0 Å². The van der Waals surface area contributed by atoms with Crippen molar-refractivity contribution < 1.29 is 18.7 Å². The van der Waals surface area contributed by atoms with E-state index in [0.29, 0.717) is 0 Å². The van der Waals surface area contributed by atoms with Crippen molar-refractivity contribution in [1.82, 2.24) is 5.32 Å². The van der Waals surface area contributed by atoms with Gasteiger partial charge in [0, 0.05) is 5.56 Å². The zero-order chi connectivity index (χ0) is 18.2. The van der Waals surface area contributed by atoms with Crippen LogP contribution in [0.4, 0.5) is 13.6 Å². The second-order valence-corrected chi connectivity index (χ2v) is 7.21. The van der Waals surface area contributed by atoms with Gasteiger partial charge in [0.2, 0.25) is 0 Å². The standard InChI is InChI=1S/C20H21F2NO2/c1-20(2)9-8-14-10-13(6-7-16(14)17(20)23-19(24)25)12-4-3-5-15(11-12)18(21)22/h3-7,10-11,17-18,23H,8-9H2,1-2H3,(H,24,25). The van der Waals surface area contributed by atoms with E-state index in [-0.39, 0.29) is 17.0 Å². The Bertz CT molecular complexity index is 802.